The molecule has 0 bridgehead atoms. The van der Waals surface area contributed by atoms with Gasteiger partial charge in [-0.25, -0.2) is 0 Å². The number of carbonyl (C=O) groups is 2. The third-order valence-electron chi connectivity index (χ3n) is 6.50. The van der Waals surface area contributed by atoms with E-state index in [-0.39, 0.29) is 17.9 Å². The van der Waals surface area contributed by atoms with Crippen LogP contribution in [0.25, 0.3) is 11.4 Å². The highest BCUT2D eigenvalue weighted by molar-refractivity contribution is 5.96. The number of aromatic amines is 1. The molecule has 0 saturated carbocycles. The molecule has 1 atom stereocenters. The third kappa shape index (κ3) is 5.04. The minimum atomic E-state index is -0.113. The molecule has 4 aromatic rings. The molecule has 2 aromatic carbocycles. The smallest absolute Gasteiger partial charge is 0.253 e. The highest BCUT2D eigenvalue weighted by Gasteiger charge is 2.24. The van der Waals surface area contributed by atoms with Crippen molar-refractivity contribution >= 4 is 17.6 Å². The molecule has 1 aliphatic rings. The Morgan fingerprint density at radius 1 is 1.09 bits per heavy atom. The maximum atomic E-state index is 13.0. The minimum absolute atomic E-state index is 0.0576. The quantitative estimate of drug-likeness (QED) is 0.361. The molecule has 1 aliphatic heterocycles. The zero-order valence-corrected chi connectivity index (χ0v) is 19.8. The summed E-state index contributed by atoms with van der Waals surface area (Å²) in [5.41, 5.74) is 5.56. The molecular weight excluding hydrogens is 438 g/mol. The normalized spacial score (nSPS) is 13.3. The lowest BCUT2D eigenvalue weighted by molar-refractivity contribution is -0.116. The number of aromatic nitrogens is 3. The van der Waals surface area contributed by atoms with Crippen molar-refractivity contribution in [1.82, 2.24) is 20.1 Å². The van der Waals surface area contributed by atoms with Gasteiger partial charge in [0.2, 0.25) is 5.91 Å². The van der Waals surface area contributed by atoms with E-state index in [1.807, 2.05) is 79.9 Å². The van der Waals surface area contributed by atoms with Gasteiger partial charge in [-0.2, -0.15) is 5.10 Å². The zero-order chi connectivity index (χ0) is 24.2. The number of nitrogens with zero attached hydrogens (tertiary/aromatic N) is 2. The molecule has 5 rings (SSSR count). The van der Waals surface area contributed by atoms with Crippen molar-refractivity contribution in [3.05, 3.63) is 95.2 Å². The van der Waals surface area contributed by atoms with Crippen molar-refractivity contribution in [2.75, 3.05) is 5.32 Å². The Morgan fingerprint density at radius 2 is 1.83 bits per heavy atom. The Kier molecular flexibility index (Phi) is 6.48. The van der Waals surface area contributed by atoms with Crippen molar-refractivity contribution in [1.29, 1.82) is 0 Å². The standard InChI is InChI=1S/C28H29N5O2/c1-19(21-11-6-3-7-12-21)29-28(35)22-17-24-26-23(13-8-16-33(24)18-22)27(32-31-26)30-25(34)15-14-20-9-4-2-5-10-20/h2-7,9-12,17-19H,8,13-16H2,1H3,(H,29,35)(H2,30,31,32,34). The number of nitrogens with one attached hydrogen (secondary N) is 3. The van der Waals surface area contributed by atoms with E-state index in [1.54, 1.807) is 0 Å². The number of carbonyl (C=O) groups excluding carboxylic acids is 2. The number of rotatable bonds is 7. The van der Waals surface area contributed by atoms with Crippen molar-refractivity contribution in [3.8, 4) is 11.4 Å². The fourth-order valence-electron chi connectivity index (χ4n) is 4.58. The lowest BCUT2D eigenvalue weighted by Gasteiger charge is -2.13. The second-order valence-corrected chi connectivity index (χ2v) is 8.98. The van der Waals surface area contributed by atoms with E-state index in [4.69, 9.17) is 0 Å². The highest BCUT2D eigenvalue weighted by atomic mass is 16.2. The number of anilines is 1. The van der Waals surface area contributed by atoms with Gasteiger partial charge < -0.3 is 15.2 Å². The number of benzene rings is 2. The second-order valence-electron chi connectivity index (χ2n) is 8.98. The van der Waals surface area contributed by atoms with Gasteiger partial charge in [-0.1, -0.05) is 60.7 Å². The van der Waals surface area contributed by atoms with E-state index < -0.39 is 0 Å². The molecule has 0 aliphatic carbocycles. The summed E-state index contributed by atoms with van der Waals surface area (Å²) in [5.74, 6) is 0.409. The lowest BCUT2D eigenvalue weighted by atomic mass is 10.1. The van der Waals surface area contributed by atoms with Crippen LogP contribution in [0.5, 0.6) is 0 Å². The summed E-state index contributed by atoms with van der Waals surface area (Å²) in [6.45, 7) is 2.77. The van der Waals surface area contributed by atoms with Gasteiger partial charge >= 0.3 is 0 Å². The molecule has 0 fully saturated rings. The van der Waals surface area contributed by atoms with Crippen LogP contribution in [0.3, 0.4) is 0 Å². The predicted molar refractivity (Wildman–Crippen MR) is 136 cm³/mol. The molecular formula is C28H29N5O2. The molecule has 35 heavy (non-hydrogen) atoms. The molecule has 7 heteroatoms. The van der Waals surface area contributed by atoms with E-state index >= 15 is 0 Å². The summed E-state index contributed by atoms with van der Waals surface area (Å²) in [7, 11) is 0. The van der Waals surface area contributed by atoms with Crippen molar-refractivity contribution in [2.24, 2.45) is 0 Å². The largest absolute Gasteiger partial charge is 0.345 e. The van der Waals surface area contributed by atoms with E-state index in [1.165, 1.54) is 0 Å². The Hall–Kier alpha value is -4.13. The Balaban J connectivity index is 1.30. The van der Waals surface area contributed by atoms with E-state index in [9.17, 15) is 9.59 Å². The van der Waals surface area contributed by atoms with Gasteiger partial charge in [0.25, 0.3) is 5.91 Å². The van der Waals surface area contributed by atoms with Gasteiger partial charge in [0.15, 0.2) is 5.82 Å². The van der Waals surface area contributed by atoms with Crippen LogP contribution in [0, 0.1) is 0 Å². The molecule has 0 radical (unpaired) electrons. The first-order valence-corrected chi connectivity index (χ1v) is 12.1. The fourth-order valence-corrected chi connectivity index (χ4v) is 4.58. The van der Waals surface area contributed by atoms with Crippen LogP contribution in [-0.2, 0) is 24.2 Å². The average molecular weight is 468 g/mol. The van der Waals surface area contributed by atoms with Crippen LogP contribution in [0.15, 0.2) is 72.9 Å². The maximum Gasteiger partial charge on any atom is 0.253 e. The first-order chi connectivity index (χ1) is 17.1. The number of amides is 2. The lowest BCUT2D eigenvalue weighted by Crippen LogP contribution is -2.26. The Bertz CT molecular complexity index is 1320. The maximum absolute atomic E-state index is 13.0. The molecule has 0 spiro atoms. The summed E-state index contributed by atoms with van der Waals surface area (Å²) in [4.78, 5) is 25.6. The van der Waals surface area contributed by atoms with Crippen molar-refractivity contribution in [3.63, 3.8) is 0 Å². The molecule has 1 unspecified atom stereocenters. The van der Waals surface area contributed by atoms with Gasteiger partial charge in [-0.05, 0) is 43.4 Å². The van der Waals surface area contributed by atoms with E-state index in [0.29, 0.717) is 24.2 Å². The van der Waals surface area contributed by atoms with Crippen LogP contribution in [0.1, 0.15) is 52.9 Å². The third-order valence-corrected chi connectivity index (χ3v) is 6.50. The van der Waals surface area contributed by atoms with Gasteiger partial charge in [-0.15, -0.1) is 0 Å². The van der Waals surface area contributed by atoms with Crippen LogP contribution in [0.4, 0.5) is 5.82 Å². The van der Waals surface area contributed by atoms with Gasteiger partial charge in [-0.3, -0.25) is 14.7 Å². The van der Waals surface area contributed by atoms with Crippen LogP contribution in [0.2, 0.25) is 0 Å². The van der Waals surface area contributed by atoms with Crippen molar-refractivity contribution in [2.45, 2.75) is 45.2 Å². The fraction of sp³-hybridized carbons (Fsp3) is 0.250. The number of hydrogen-bond donors (Lipinski definition) is 3. The SMILES string of the molecule is CC(NC(=O)c1cc2n(c1)CCCc1c(NC(=O)CCc3ccccc3)n[nH]c1-2)c1ccccc1. The van der Waals surface area contributed by atoms with E-state index in [0.717, 1.165) is 47.5 Å². The summed E-state index contributed by atoms with van der Waals surface area (Å²) in [5, 5.41) is 13.6. The first-order valence-electron chi connectivity index (χ1n) is 12.1. The van der Waals surface area contributed by atoms with Crippen LogP contribution < -0.4 is 10.6 Å². The molecule has 3 heterocycles. The van der Waals surface area contributed by atoms with Crippen LogP contribution in [-0.4, -0.2) is 26.6 Å². The van der Waals surface area contributed by atoms with Crippen LogP contribution >= 0.6 is 0 Å². The number of aryl methyl sites for hydroxylation is 2. The zero-order valence-electron chi connectivity index (χ0n) is 19.8. The van der Waals surface area contributed by atoms with Gasteiger partial charge in [0.1, 0.15) is 0 Å². The molecule has 2 amide bonds. The monoisotopic (exact) mass is 467 g/mol. The second kappa shape index (κ2) is 10.0. The molecule has 7 nitrogen and oxygen atoms in total. The molecule has 178 valence electrons. The van der Waals surface area contributed by atoms with Crippen molar-refractivity contribution < 1.29 is 9.59 Å². The van der Waals surface area contributed by atoms with Gasteiger partial charge in [0, 0.05) is 24.7 Å². The minimum Gasteiger partial charge on any atom is -0.345 e. The first kappa shape index (κ1) is 22.7. The molecule has 2 aromatic heterocycles. The number of H-pyrrole nitrogens is 1. The topological polar surface area (TPSA) is 91.8 Å². The summed E-state index contributed by atoms with van der Waals surface area (Å²) in [6, 6.07) is 21.7. The van der Waals surface area contributed by atoms with Gasteiger partial charge in [0.05, 0.1) is 23.0 Å². The predicted octanol–water partition coefficient (Wildman–Crippen LogP) is 4.89. The number of fused-ring (bicyclic) bond motifs is 3. The summed E-state index contributed by atoms with van der Waals surface area (Å²) in [6.07, 6.45) is 4.67. The average Bonchev–Trinajstić information content (AvgIpc) is 3.44. The number of hydrogen-bond acceptors (Lipinski definition) is 3. The Labute approximate surface area is 204 Å². The summed E-state index contributed by atoms with van der Waals surface area (Å²) < 4.78 is 2.09. The Morgan fingerprint density at radius 3 is 2.60 bits per heavy atom. The highest BCUT2D eigenvalue weighted by Crippen LogP contribution is 2.33. The molecule has 3 N–H and O–H groups in total. The van der Waals surface area contributed by atoms with E-state index in [2.05, 4.69) is 25.4 Å². The summed E-state index contributed by atoms with van der Waals surface area (Å²) >= 11 is 0. The molecule has 0 saturated heterocycles.